The molecule has 0 unspecified atom stereocenters. The highest BCUT2D eigenvalue weighted by Crippen LogP contribution is 2.39. The van der Waals surface area contributed by atoms with Crippen LogP contribution in [0.5, 0.6) is 0 Å². The Morgan fingerprint density at radius 1 is 1.21 bits per heavy atom. The van der Waals surface area contributed by atoms with Crippen LogP contribution in [0.2, 0.25) is 0 Å². The number of carbonyl (C=O) groups excluding carboxylic acids is 1. The molecule has 2 atom stereocenters. The summed E-state index contributed by atoms with van der Waals surface area (Å²) in [7, 11) is 0. The lowest BCUT2D eigenvalue weighted by molar-refractivity contribution is -0.135. The van der Waals surface area contributed by atoms with Gasteiger partial charge < -0.3 is 10.0 Å². The third kappa shape index (κ3) is 1.98. The van der Waals surface area contributed by atoms with E-state index in [9.17, 15) is 9.90 Å². The van der Waals surface area contributed by atoms with Crippen molar-refractivity contribution in [2.24, 2.45) is 0 Å². The van der Waals surface area contributed by atoms with Crippen molar-refractivity contribution in [3.05, 3.63) is 47.0 Å². The molecule has 1 aliphatic heterocycles. The standard InChI is InChI=1S/C16H19NO2/c1-11(12-7-3-2-4-8-12)17-15(18)13-9-5-6-10-14(13)16(17)19/h2-4,7-8,11,15,18H,5-6,9-10H2,1H3/t11-,15-/m1/s1. The molecular weight excluding hydrogens is 238 g/mol. The number of amides is 1. The van der Waals surface area contributed by atoms with Crippen LogP contribution in [-0.2, 0) is 4.79 Å². The summed E-state index contributed by atoms with van der Waals surface area (Å²) in [5.74, 6) is 0.0264. The van der Waals surface area contributed by atoms with Gasteiger partial charge in [-0.05, 0) is 43.7 Å². The third-order valence-corrected chi connectivity index (χ3v) is 4.28. The largest absolute Gasteiger partial charge is 0.369 e. The molecule has 100 valence electrons. The quantitative estimate of drug-likeness (QED) is 0.885. The summed E-state index contributed by atoms with van der Waals surface area (Å²) in [6.07, 6.45) is 3.10. The van der Waals surface area contributed by atoms with Gasteiger partial charge in [0.15, 0.2) is 6.23 Å². The number of nitrogens with zero attached hydrogens (tertiary/aromatic N) is 1. The minimum atomic E-state index is -0.724. The van der Waals surface area contributed by atoms with E-state index in [4.69, 9.17) is 0 Å². The van der Waals surface area contributed by atoms with Crippen LogP contribution in [0.25, 0.3) is 0 Å². The molecule has 1 aromatic carbocycles. The number of carbonyl (C=O) groups is 1. The molecular formula is C16H19NO2. The maximum absolute atomic E-state index is 12.5. The van der Waals surface area contributed by atoms with Crippen molar-refractivity contribution in [3.8, 4) is 0 Å². The molecule has 1 heterocycles. The van der Waals surface area contributed by atoms with E-state index in [1.165, 1.54) is 0 Å². The van der Waals surface area contributed by atoms with E-state index >= 15 is 0 Å². The number of hydrogen-bond acceptors (Lipinski definition) is 2. The number of rotatable bonds is 2. The third-order valence-electron chi connectivity index (χ3n) is 4.28. The Morgan fingerprint density at radius 2 is 1.89 bits per heavy atom. The molecule has 0 spiro atoms. The first-order valence-corrected chi connectivity index (χ1v) is 6.97. The van der Waals surface area contributed by atoms with Crippen molar-refractivity contribution < 1.29 is 9.90 Å². The Balaban J connectivity index is 1.89. The van der Waals surface area contributed by atoms with Crippen LogP contribution in [0.1, 0.15) is 44.2 Å². The fourth-order valence-corrected chi connectivity index (χ4v) is 3.17. The van der Waals surface area contributed by atoms with Gasteiger partial charge in [-0.2, -0.15) is 0 Å². The van der Waals surface area contributed by atoms with Crippen LogP contribution in [0.3, 0.4) is 0 Å². The van der Waals surface area contributed by atoms with E-state index < -0.39 is 6.23 Å². The van der Waals surface area contributed by atoms with Crippen molar-refractivity contribution in [1.82, 2.24) is 4.90 Å². The second-order valence-electron chi connectivity index (χ2n) is 5.38. The first-order valence-electron chi connectivity index (χ1n) is 6.97. The zero-order valence-electron chi connectivity index (χ0n) is 11.2. The van der Waals surface area contributed by atoms with Crippen molar-refractivity contribution in [2.75, 3.05) is 0 Å². The van der Waals surface area contributed by atoms with Gasteiger partial charge in [-0.1, -0.05) is 30.3 Å². The molecule has 0 fully saturated rings. The Labute approximate surface area is 113 Å². The monoisotopic (exact) mass is 257 g/mol. The number of benzene rings is 1. The van der Waals surface area contributed by atoms with Crippen LogP contribution in [0, 0.1) is 0 Å². The molecule has 0 saturated carbocycles. The molecule has 1 amide bonds. The molecule has 1 aliphatic carbocycles. The minimum Gasteiger partial charge on any atom is -0.369 e. The van der Waals surface area contributed by atoms with E-state index in [1.807, 2.05) is 37.3 Å². The Kier molecular flexibility index (Phi) is 3.15. The molecule has 3 rings (SSSR count). The number of aliphatic hydroxyl groups excluding tert-OH is 1. The van der Waals surface area contributed by atoms with Crippen LogP contribution >= 0.6 is 0 Å². The summed E-state index contributed by atoms with van der Waals surface area (Å²) >= 11 is 0. The molecule has 19 heavy (non-hydrogen) atoms. The van der Waals surface area contributed by atoms with Gasteiger partial charge in [0.05, 0.1) is 6.04 Å². The highest BCUT2D eigenvalue weighted by atomic mass is 16.3. The van der Waals surface area contributed by atoms with Crippen LogP contribution in [-0.4, -0.2) is 22.1 Å². The van der Waals surface area contributed by atoms with Gasteiger partial charge in [-0.3, -0.25) is 4.79 Å². The van der Waals surface area contributed by atoms with Crippen LogP contribution in [0.4, 0.5) is 0 Å². The molecule has 1 N–H and O–H groups in total. The minimum absolute atomic E-state index is 0.0264. The average Bonchev–Trinajstić information content (AvgIpc) is 2.72. The molecule has 0 radical (unpaired) electrons. The smallest absolute Gasteiger partial charge is 0.252 e. The van der Waals surface area contributed by atoms with Gasteiger partial charge in [0, 0.05) is 5.57 Å². The molecule has 0 bridgehead atoms. The predicted molar refractivity (Wildman–Crippen MR) is 73.2 cm³/mol. The van der Waals surface area contributed by atoms with E-state index in [0.717, 1.165) is 42.4 Å². The lowest BCUT2D eigenvalue weighted by atomic mass is 9.93. The van der Waals surface area contributed by atoms with Crippen LogP contribution < -0.4 is 0 Å². The lowest BCUT2D eigenvalue weighted by Crippen LogP contribution is -2.37. The van der Waals surface area contributed by atoms with Crippen molar-refractivity contribution in [2.45, 2.75) is 44.9 Å². The van der Waals surface area contributed by atoms with Gasteiger partial charge in [-0.25, -0.2) is 0 Å². The highest BCUT2D eigenvalue weighted by molar-refractivity contribution is 5.97. The fraction of sp³-hybridized carbons (Fsp3) is 0.438. The van der Waals surface area contributed by atoms with E-state index in [-0.39, 0.29) is 11.9 Å². The molecule has 3 heteroatoms. The molecule has 2 aliphatic rings. The SMILES string of the molecule is C[C@H](c1ccccc1)N1C(=O)C2=C(CCCC2)[C@H]1O. The van der Waals surface area contributed by atoms with Crippen molar-refractivity contribution >= 4 is 5.91 Å². The maximum Gasteiger partial charge on any atom is 0.252 e. The number of hydrogen-bond donors (Lipinski definition) is 1. The van der Waals surface area contributed by atoms with Crippen molar-refractivity contribution in [3.63, 3.8) is 0 Å². The fourth-order valence-electron chi connectivity index (χ4n) is 3.17. The van der Waals surface area contributed by atoms with Gasteiger partial charge in [0.25, 0.3) is 5.91 Å². The zero-order valence-corrected chi connectivity index (χ0v) is 11.2. The first-order chi connectivity index (χ1) is 9.20. The van der Waals surface area contributed by atoms with E-state index in [2.05, 4.69) is 0 Å². The van der Waals surface area contributed by atoms with E-state index in [1.54, 1.807) is 4.90 Å². The second-order valence-corrected chi connectivity index (χ2v) is 5.38. The molecule has 1 aromatic rings. The Bertz CT molecular complexity index is 521. The average molecular weight is 257 g/mol. The zero-order chi connectivity index (χ0) is 13.4. The summed E-state index contributed by atoms with van der Waals surface area (Å²) in [5, 5.41) is 10.4. The van der Waals surface area contributed by atoms with Crippen LogP contribution in [0.15, 0.2) is 41.5 Å². The molecule has 0 saturated heterocycles. The second kappa shape index (κ2) is 4.82. The molecule has 3 nitrogen and oxygen atoms in total. The summed E-state index contributed by atoms with van der Waals surface area (Å²) in [6, 6.07) is 9.80. The summed E-state index contributed by atoms with van der Waals surface area (Å²) in [4.78, 5) is 14.1. The summed E-state index contributed by atoms with van der Waals surface area (Å²) in [6.45, 7) is 1.98. The number of aliphatic hydroxyl groups is 1. The Morgan fingerprint density at radius 3 is 2.58 bits per heavy atom. The maximum atomic E-state index is 12.5. The van der Waals surface area contributed by atoms with Gasteiger partial charge in [0.1, 0.15) is 0 Å². The van der Waals surface area contributed by atoms with Crippen molar-refractivity contribution in [1.29, 1.82) is 0 Å². The topological polar surface area (TPSA) is 40.5 Å². The highest BCUT2D eigenvalue weighted by Gasteiger charge is 2.41. The van der Waals surface area contributed by atoms with Gasteiger partial charge in [0.2, 0.25) is 0 Å². The Hall–Kier alpha value is -1.61. The lowest BCUT2D eigenvalue weighted by Gasteiger charge is -2.29. The van der Waals surface area contributed by atoms with E-state index in [0.29, 0.717) is 0 Å². The predicted octanol–water partition coefficient (Wildman–Crippen LogP) is 2.78. The first kappa shape index (κ1) is 12.4. The summed E-state index contributed by atoms with van der Waals surface area (Å²) in [5.41, 5.74) is 2.88. The van der Waals surface area contributed by atoms with Gasteiger partial charge >= 0.3 is 0 Å². The molecule has 0 aromatic heterocycles. The van der Waals surface area contributed by atoms with Gasteiger partial charge in [-0.15, -0.1) is 0 Å². The summed E-state index contributed by atoms with van der Waals surface area (Å²) < 4.78 is 0. The normalized spacial score (nSPS) is 24.6.